The number of phosphoric ester groups is 1. The Balaban J connectivity index is 4.21. The Morgan fingerprint density at radius 2 is 1.83 bits per heavy atom. The molecule has 0 aromatic heterocycles. The van der Waals surface area contributed by atoms with E-state index in [9.17, 15) is 4.57 Å². The number of hydrogen-bond acceptors (Lipinski definition) is 2. The van der Waals surface area contributed by atoms with Gasteiger partial charge in [-0.3, -0.25) is 9.79 Å². The highest BCUT2D eigenvalue weighted by Crippen LogP contribution is 2.36. The van der Waals surface area contributed by atoms with Crippen molar-refractivity contribution in [3.05, 3.63) is 23.5 Å². The van der Waals surface area contributed by atoms with E-state index in [1.54, 1.807) is 13.0 Å². The van der Waals surface area contributed by atoms with Gasteiger partial charge in [-0.2, -0.15) is 0 Å². The molecule has 0 heterocycles. The molecule has 0 amide bonds. The molecule has 4 nitrogen and oxygen atoms in total. The highest BCUT2D eigenvalue weighted by atomic mass is 31.2. The van der Waals surface area contributed by atoms with Gasteiger partial charge >= 0.3 is 7.82 Å². The van der Waals surface area contributed by atoms with Crippen LogP contribution in [0.15, 0.2) is 23.5 Å². The van der Waals surface area contributed by atoms with Crippen LogP contribution in [-0.4, -0.2) is 9.79 Å². The topological polar surface area (TPSA) is 66.8 Å². The zero-order valence-electron chi connectivity index (χ0n) is 7.31. The summed E-state index contributed by atoms with van der Waals surface area (Å²) < 4.78 is 14.4. The molecule has 0 radical (unpaired) electrons. The Labute approximate surface area is 71.8 Å². The maximum Gasteiger partial charge on any atom is 0.524 e. The summed E-state index contributed by atoms with van der Waals surface area (Å²) in [5.74, 6) is 0. The van der Waals surface area contributed by atoms with Crippen LogP contribution in [0.25, 0.3) is 0 Å². The van der Waals surface area contributed by atoms with Gasteiger partial charge in [0.1, 0.15) is 0 Å². The molecule has 0 saturated carbocycles. The Hall–Kier alpha value is -0.570. The minimum Gasteiger partial charge on any atom is -0.412 e. The number of rotatable bonds is 3. The highest BCUT2D eigenvalue weighted by Gasteiger charge is 2.11. The van der Waals surface area contributed by atoms with Crippen molar-refractivity contribution in [2.24, 2.45) is 0 Å². The summed E-state index contributed by atoms with van der Waals surface area (Å²) >= 11 is 0. The lowest BCUT2D eigenvalue weighted by Gasteiger charge is -2.01. The lowest BCUT2D eigenvalue weighted by atomic mass is 10.2. The molecule has 70 valence electrons. The normalized spacial score (nSPS) is 12.6. The van der Waals surface area contributed by atoms with Crippen LogP contribution in [0.5, 0.6) is 0 Å². The van der Waals surface area contributed by atoms with Crippen molar-refractivity contribution in [3.63, 3.8) is 0 Å². The minimum atomic E-state index is -4.37. The van der Waals surface area contributed by atoms with E-state index in [-0.39, 0.29) is 0 Å². The van der Waals surface area contributed by atoms with Crippen molar-refractivity contribution in [3.8, 4) is 0 Å². The maximum absolute atomic E-state index is 10.2. The van der Waals surface area contributed by atoms with Gasteiger partial charge in [0, 0.05) is 0 Å². The quantitative estimate of drug-likeness (QED) is 0.407. The second-order valence-electron chi connectivity index (χ2n) is 2.68. The summed E-state index contributed by atoms with van der Waals surface area (Å²) in [6, 6.07) is 0. The Morgan fingerprint density at radius 3 is 2.17 bits per heavy atom. The first-order valence-electron chi connectivity index (χ1n) is 3.37. The van der Waals surface area contributed by atoms with Crippen LogP contribution in [0.4, 0.5) is 0 Å². The largest absolute Gasteiger partial charge is 0.524 e. The van der Waals surface area contributed by atoms with Crippen LogP contribution < -0.4 is 0 Å². The van der Waals surface area contributed by atoms with Crippen LogP contribution >= 0.6 is 7.82 Å². The number of phosphoric acid groups is 1. The van der Waals surface area contributed by atoms with Gasteiger partial charge < -0.3 is 4.52 Å². The van der Waals surface area contributed by atoms with E-state index in [2.05, 4.69) is 4.52 Å². The predicted octanol–water partition coefficient (Wildman–Crippen LogP) is 1.97. The van der Waals surface area contributed by atoms with Crippen molar-refractivity contribution in [1.82, 2.24) is 0 Å². The van der Waals surface area contributed by atoms with Crippen molar-refractivity contribution in [2.45, 2.75) is 20.8 Å². The molecule has 2 N–H and O–H groups in total. The molecule has 12 heavy (non-hydrogen) atoms. The van der Waals surface area contributed by atoms with Crippen molar-refractivity contribution in [2.75, 3.05) is 0 Å². The summed E-state index contributed by atoms with van der Waals surface area (Å²) in [5.41, 5.74) is 1.70. The number of allylic oxidation sites excluding steroid dienone is 3. The molecule has 0 atom stereocenters. The molecular weight excluding hydrogens is 179 g/mol. The van der Waals surface area contributed by atoms with E-state index in [4.69, 9.17) is 9.79 Å². The average Bonchev–Trinajstić information content (AvgIpc) is 1.80. The lowest BCUT2D eigenvalue weighted by molar-refractivity contribution is 0.257. The Morgan fingerprint density at radius 1 is 1.33 bits per heavy atom. The minimum absolute atomic E-state index is 0.665. The molecule has 0 aliphatic heterocycles. The molecule has 0 aromatic rings. The molecule has 0 aromatic carbocycles. The zero-order valence-corrected chi connectivity index (χ0v) is 8.21. The Bertz CT molecular complexity index is 244. The molecular formula is C7H13O4P. The van der Waals surface area contributed by atoms with E-state index < -0.39 is 7.82 Å². The fraction of sp³-hybridized carbons (Fsp3) is 0.429. The van der Waals surface area contributed by atoms with Gasteiger partial charge in [0.15, 0.2) is 0 Å². The molecule has 0 saturated heterocycles. The van der Waals surface area contributed by atoms with Crippen LogP contribution in [0.2, 0.25) is 0 Å². The summed E-state index contributed by atoms with van der Waals surface area (Å²) in [7, 11) is -4.37. The maximum atomic E-state index is 10.2. The Kier molecular flexibility index (Phi) is 4.24. The number of hydrogen-bond donors (Lipinski definition) is 2. The van der Waals surface area contributed by atoms with Crippen LogP contribution in [0.3, 0.4) is 0 Å². The first-order chi connectivity index (χ1) is 5.31. The molecule has 0 aliphatic rings. The third kappa shape index (κ3) is 7.54. The molecule has 5 heteroatoms. The SMILES string of the molecule is CC(C)=CC(C)=COP(=O)(O)O. The van der Waals surface area contributed by atoms with Crippen molar-refractivity contribution < 1.29 is 18.9 Å². The fourth-order valence-electron chi connectivity index (χ4n) is 0.641. The molecule has 0 aliphatic carbocycles. The molecule has 0 spiro atoms. The van der Waals surface area contributed by atoms with Gasteiger partial charge in [-0.1, -0.05) is 11.6 Å². The predicted molar refractivity (Wildman–Crippen MR) is 46.3 cm³/mol. The summed E-state index contributed by atoms with van der Waals surface area (Å²) in [4.78, 5) is 16.6. The molecule has 0 rings (SSSR count). The van der Waals surface area contributed by atoms with Crippen molar-refractivity contribution in [1.29, 1.82) is 0 Å². The molecule has 0 bridgehead atoms. The zero-order chi connectivity index (χ0) is 9.78. The monoisotopic (exact) mass is 192 g/mol. The molecule has 0 fully saturated rings. The van der Waals surface area contributed by atoms with Gasteiger partial charge in [0.05, 0.1) is 6.26 Å². The van der Waals surface area contributed by atoms with E-state index in [0.29, 0.717) is 5.57 Å². The van der Waals surface area contributed by atoms with Gasteiger partial charge in [-0.25, -0.2) is 4.57 Å². The van der Waals surface area contributed by atoms with Crippen LogP contribution in [0, 0.1) is 0 Å². The van der Waals surface area contributed by atoms with Crippen molar-refractivity contribution >= 4 is 7.82 Å². The first-order valence-corrected chi connectivity index (χ1v) is 4.90. The standard InChI is InChI=1S/C7H13O4P/c1-6(2)4-7(3)5-11-12(8,9)10/h4-5H,1-3H3,(H2,8,9,10). The van der Waals surface area contributed by atoms with Crippen LogP contribution in [-0.2, 0) is 9.09 Å². The van der Waals surface area contributed by atoms with E-state index in [0.717, 1.165) is 11.8 Å². The van der Waals surface area contributed by atoms with E-state index in [1.807, 2.05) is 13.8 Å². The van der Waals surface area contributed by atoms with Crippen LogP contribution in [0.1, 0.15) is 20.8 Å². The third-order valence-corrected chi connectivity index (χ3v) is 1.27. The summed E-state index contributed by atoms with van der Waals surface area (Å²) in [6.45, 7) is 5.46. The van der Waals surface area contributed by atoms with E-state index >= 15 is 0 Å². The van der Waals surface area contributed by atoms with Gasteiger partial charge in [0.25, 0.3) is 0 Å². The fourth-order valence-corrected chi connectivity index (χ4v) is 0.945. The second-order valence-corrected chi connectivity index (χ2v) is 3.87. The van der Waals surface area contributed by atoms with Gasteiger partial charge in [-0.05, 0) is 26.3 Å². The summed E-state index contributed by atoms with van der Waals surface area (Å²) in [6.07, 6.45) is 2.81. The lowest BCUT2D eigenvalue weighted by Crippen LogP contribution is -1.80. The highest BCUT2D eigenvalue weighted by molar-refractivity contribution is 7.46. The summed E-state index contributed by atoms with van der Waals surface area (Å²) in [5, 5.41) is 0. The average molecular weight is 192 g/mol. The first kappa shape index (κ1) is 11.4. The second kappa shape index (κ2) is 4.45. The van der Waals surface area contributed by atoms with E-state index in [1.165, 1.54) is 0 Å². The van der Waals surface area contributed by atoms with Gasteiger partial charge in [0.2, 0.25) is 0 Å². The third-order valence-electron chi connectivity index (χ3n) is 0.892. The smallest absolute Gasteiger partial charge is 0.412 e. The molecule has 0 unspecified atom stereocenters. The van der Waals surface area contributed by atoms with Gasteiger partial charge in [-0.15, -0.1) is 0 Å².